The molecule has 15 nitrogen and oxygen atoms in total. The molecule has 4 N–H and O–H groups in total. The molecule has 0 spiro atoms. The second kappa shape index (κ2) is 20.7. The largest absolute Gasteiger partial charge is 0.402 e. The average molecular weight is 985 g/mol. The number of fused-ring (bicyclic) bond motifs is 1. The molecule has 2 fully saturated rings. The van der Waals surface area contributed by atoms with Crippen LogP contribution in [0.1, 0.15) is 68.3 Å². The van der Waals surface area contributed by atoms with E-state index in [0.29, 0.717) is 36.1 Å². The maximum absolute atomic E-state index is 13.4. The maximum Gasteiger partial charge on any atom is 0.330 e. The highest BCUT2D eigenvalue weighted by molar-refractivity contribution is 6.99. The molecule has 5 aromatic carbocycles. The number of H-pyrrole nitrogens is 1. The fourth-order valence-electron chi connectivity index (χ4n) is 10.6. The van der Waals surface area contributed by atoms with Crippen LogP contribution in [0.25, 0.3) is 11.2 Å². The molecule has 0 saturated carbocycles. The summed E-state index contributed by atoms with van der Waals surface area (Å²) in [6.07, 6.45) is 2.87. The molecule has 2 aliphatic heterocycles. The van der Waals surface area contributed by atoms with Gasteiger partial charge in [-0.3, -0.25) is 23.8 Å². The lowest BCUT2D eigenvalue weighted by Gasteiger charge is -2.45. The van der Waals surface area contributed by atoms with Crippen LogP contribution in [0.5, 0.6) is 0 Å². The smallest absolute Gasteiger partial charge is 0.330 e. The molecule has 3 aromatic heterocycles. The molecule has 5 heterocycles. The van der Waals surface area contributed by atoms with Crippen LogP contribution < -0.4 is 32.8 Å². The summed E-state index contributed by atoms with van der Waals surface area (Å²) < 4.78 is 32.1. The lowest BCUT2D eigenvalue weighted by molar-refractivity contribution is -0.0967. The van der Waals surface area contributed by atoms with Crippen molar-refractivity contribution >= 4 is 35.7 Å². The van der Waals surface area contributed by atoms with E-state index in [1.165, 1.54) is 10.9 Å². The van der Waals surface area contributed by atoms with Crippen LogP contribution in [0, 0.1) is 12.8 Å². The van der Waals surface area contributed by atoms with Gasteiger partial charge in [0.1, 0.15) is 36.0 Å². The van der Waals surface area contributed by atoms with Gasteiger partial charge < -0.3 is 24.4 Å². The Morgan fingerprint density at radius 1 is 0.708 bits per heavy atom. The van der Waals surface area contributed by atoms with E-state index < -0.39 is 55.9 Å². The number of hydrogen-bond donors (Lipinski definition) is 3. The molecular weight excluding hydrogens is 925 g/mol. The molecule has 10 rings (SSSR count). The van der Waals surface area contributed by atoms with Gasteiger partial charge in [-0.15, -0.1) is 0 Å². The minimum absolute atomic E-state index is 0.124. The first kappa shape index (κ1) is 48.7. The number of imidazole rings is 1. The Hall–Kier alpha value is -6.89. The Morgan fingerprint density at radius 2 is 1.25 bits per heavy atom. The number of nitrogen functional groups attached to an aromatic ring is 1. The van der Waals surface area contributed by atoms with Crippen molar-refractivity contribution < 1.29 is 23.5 Å². The normalized spacial score (nSPS) is 20.6. The highest BCUT2D eigenvalue weighted by Crippen LogP contribution is 2.44. The first-order valence-electron chi connectivity index (χ1n) is 24.5. The summed E-state index contributed by atoms with van der Waals surface area (Å²) >= 11 is 0. The quantitative estimate of drug-likeness (QED) is 0.0371. The summed E-state index contributed by atoms with van der Waals surface area (Å²) in [6.45, 7) is 9.04. The zero-order chi connectivity index (χ0) is 49.9. The van der Waals surface area contributed by atoms with Crippen LogP contribution in [0.15, 0.2) is 180 Å². The zero-order valence-corrected chi connectivity index (χ0v) is 41.8. The van der Waals surface area contributed by atoms with Crippen LogP contribution in [0.2, 0.25) is 5.04 Å². The fourth-order valence-corrected chi connectivity index (χ4v) is 15.3. The van der Waals surface area contributed by atoms with Crippen LogP contribution in [0.3, 0.4) is 0 Å². The number of nitrogens with zero attached hydrogens (tertiary/aromatic N) is 5. The predicted molar refractivity (Wildman–Crippen MR) is 278 cm³/mol. The number of hydroxylamine groups is 1. The van der Waals surface area contributed by atoms with Crippen LogP contribution in [0.4, 0.5) is 5.82 Å². The van der Waals surface area contributed by atoms with Crippen molar-refractivity contribution in [3.8, 4) is 0 Å². The van der Waals surface area contributed by atoms with Gasteiger partial charge in [-0.25, -0.2) is 25.2 Å². The van der Waals surface area contributed by atoms with E-state index in [2.05, 4.69) is 131 Å². The Morgan fingerprint density at radius 3 is 1.82 bits per heavy atom. The second-order valence-electron chi connectivity index (χ2n) is 19.6. The monoisotopic (exact) mass is 984 g/mol. The van der Waals surface area contributed by atoms with Crippen molar-refractivity contribution in [2.45, 2.75) is 81.9 Å². The lowest BCUT2D eigenvalue weighted by Crippen LogP contribution is -2.68. The van der Waals surface area contributed by atoms with E-state index in [-0.39, 0.29) is 30.0 Å². The summed E-state index contributed by atoms with van der Waals surface area (Å²) in [4.78, 5) is 48.1. The molecule has 370 valence electrons. The van der Waals surface area contributed by atoms with Gasteiger partial charge in [-0.05, 0) is 45.4 Å². The molecule has 16 heteroatoms. The van der Waals surface area contributed by atoms with Crippen molar-refractivity contribution in [1.82, 2.24) is 34.6 Å². The Labute approximate surface area is 419 Å². The molecule has 0 unspecified atom stereocenters. The van der Waals surface area contributed by atoms with Gasteiger partial charge in [0.05, 0.1) is 31.7 Å². The van der Waals surface area contributed by atoms with Gasteiger partial charge in [-0.1, -0.05) is 172 Å². The van der Waals surface area contributed by atoms with Gasteiger partial charge in [0.2, 0.25) is 0 Å². The molecule has 2 aliphatic rings. The third-order valence-corrected chi connectivity index (χ3v) is 19.2. The molecular formula is C56H60N8O7Si. The van der Waals surface area contributed by atoms with Crippen LogP contribution in [-0.4, -0.2) is 75.5 Å². The molecule has 0 radical (unpaired) electrons. The van der Waals surface area contributed by atoms with E-state index in [0.717, 1.165) is 27.1 Å². The highest BCUT2D eigenvalue weighted by Gasteiger charge is 2.54. The third-order valence-electron chi connectivity index (χ3n) is 14.1. The van der Waals surface area contributed by atoms with E-state index in [1.807, 2.05) is 71.3 Å². The number of aromatic nitrogens is 6. The number of rotatable bonds is 17. The van der Waals surface area contributed by atoms with E-state index in [9.17, 15) is 9.59 Å². The summed E-state index contributed by atoms with van der Waals surface area (Å²) in [7, 11) is -3.07. The first-order chi connectivity index (χ1) is 35.0. The molecule has 0 amide bonds. The van der Waals surface area contributed by atoms with Gasteiger partial charge in [0, 0.05) is 30.6 Å². The number of nitrogens with two attached hydrogens (primary N) is 1. The number of aryl methyl sites for hydroxylation is 1. The summed E-state index contributed by atoms with van der Waals surface area (Å²) in [6, 6.07) is 51.6. The van der Waals surface area contributed by atoms with Gasteiger partial charge >= 0.3 is 5.69 Å². The van der Waals surface area contributed by atoms with Gasteiger partial charge in [0.25, 0.3) is 13.9 Å². The van der Waals surface area contributed by atoms with Crippen molar-refractivity contribution in [2.75, 3.05) is 25.5 Å². The minimum atomic E-state index is -3.07. The lowest BCUT2D eigenvalue weighted by atomic mass is 9.80. The minimum Gasteiger partial charge on any atom is -0.402 e. The molecule has 0 bridgehead atoms. The average Bonchev–Trinajstić information content (AvgIpc) is 4.14. The number of ether oxygens (including phenoxy) is 3. The fraction of sp³-hybridized carbons (Fsp3) is 0.304. The van der Waals surface area contributed by atoms with E-state index in [4.69, 9.17) is 29.2 Å². The zero-order valence-electron chi connectivity index (χ0n) is 40.8. The molecule has 6 atom stereocenters. The second-order valence-corrected chi connectivity index (χ2v) is 23.9. The topological polar surface area (TPSA) is 183 Å². The first-order valence-corrected chi connectivity index (χ1v) is 26.4. The van der Waals surface area contributed by atoms with Crippen molar-refractivity contribution in [3.05, 3.63) is 214 Å². The van der Waals surface area contributed by atoms with Crippen molar-refractivity contribution in [1.29, 1.82) is 0 Å². The number of nitrogens with one attached hydrogen (secondary N) is 2. The number of hydrogen-bond acceptors (Lipinski definition) is 12. The van der Waals surface area contributed by atoms with E-state index in [1.54, 1.807) is 19.4 Å². The Bertz CT molecular complexity index is 3060. The summed E-state index contributed by atoms with van der Waals surface area (Å²) in [5.41, 5.74) is 11.8. The standard InChI is InChI=1S/C56H60N8O7Si/c1-38-33-63(54(66)62-53(38)65)48-30-39(46(69-48)34-67-56(40-20-10-5-11-21-40,41-22-12-6-13-23-41)42-24-14-7-15-25-42)32-61-68-35-47-45(31-49(70-47)64-37-60-50-51(57)58-36-59-52(50)64)71-72(55(2,3)4,43-26-16-8-17-27-43)44-28-18-9-19-29-44/h5-29,33,36-37,39,45-49,61H,30-32,34-35H2,1-4H3,(H2,57,58,59)(H,62,65,66)/t39-,45+,46-,47-,48-,49-/m1/s1. The molecule has 72 heavy (non-hydrogen) atoms. The van der Waals surface area contributed by atoms with Crippen LogP contribution in [-0.2, 0) is 29.1 Å². The summed E-state index contributed by atoms with van der Waals surface area (Å²) in [5, 5.41) is 1.99. The number of benzene rings is 5. The Balaban J connectivity index is 0.948. The highest BCUT2D eigenvalue weighted by atomic mass is 28.4. The van der Waals surface area contributed by atoms with Crippen molar-refractivity contribution in [2.24, 2.45) is 5.92 Å². The Kier molecular flexibility index (Phi) is 14.0. The van der Waals surface area contributed by atoms with E-state index >= 15 is 0 Å². The number of aromatic amines is 1. The molecule has 8 aromatic rings. The van der Waals surface area contributed by atoms with Crippen LogP contribution >= 0.6 is 0 Å². The van der Waals surface area contributed by atoms with Gasteiger partial charge in [-0.2, -0.15) is 0 Å². The molecule has 0 aliphatic carbocycles. The SMILES string of the molecule is Cc1cn([C@H]2C[C@H](CNOC[C@H]3O[C@@H](n4cnc5c(N)ncnc54)C[C@@H]3O[Si](c3ccccc3)(c3ccccc3)C(C)(C)C)[C@@H](COC(c3ccccc3)(c3ccccc3)c3ccccc3)O2)c(=O)[nH]c1=O. The third kappa shape index (κ3) is 9.38. The number of anilines is 1. The summed E-state index contributed by atoms with van der Waals surface area (Å²) in [5.74, 6) is 0.0623. The van der Waals surface area contributed by atoms with Crippen molar-refractivity contribution in [3.63, 3.8) is 0 Å². The maximum atomic E-state index is 13.4. The predicted octanol–water partition coefficient (Wildman–Crippen LogP) is 6.93. The van der Waals surface area contributed by atoms with Gasteiger partial charge in [0.15, 0.2) is 11.5 Å². The molecule has 2 saturated heterocycles.